The predicted octanol–water partition coefficient (Wildman–Crippen LogP) is 2.19. The van der Waals surface area contributed by atoms with Crippen molar-refractivity contribution in [3.8, 4) is 0 Å². The average molecular weight is 268 g/mol. The van der Waals surface area contributed by atoms with E-state index < -0.39 is 0 Å². The minimum absolute atomic E-state index is 0.0552. The van der Waals surface area contributed by atoms with Crippen LogP contribution >= 0.6 is 0 Å². The molecule has 1 saturated carbocycles. The van der Waals surface area contributed by atoms with Gasteiger partial charge in [-0.2, -0.15) is 0 Å². The van der Waals surface area contributed by atoms with Crippen LogP contribution in [0.4, 0.5) is 0 Å². The lowest BCUT2D eigenvalue weighted by Crippen LogP contribution is -2.43. The highest BCUT2D eigenvalue weighted by Gasteiger charge is 2.33. The second-order valence-corrected chi connectivity index (χ2v) is 5.67. The summed E-state index contributed by atoms with van der Waals surface area (Å²) >= 11 is 0. The van der Waals surface area contributed by atoms with Gasteiger partial charge in [0.15, 0.2) is 0 Å². The maximum Gasteiger partial charge on any atom is 0.225 e. The van der Waals surface area contributed by atoms with Crippen LogP contribution in [-0.2, 0) is 9.59 Å². The van der Waals surface area contributed by atoms with E-state index in [1.807, 2.05) is 32.6 Å². The van der Waals surface area contributed by atoms with Crippen molar-refractivity contribution < 1.29 is 9.59 Å². The fourth-order valence-corrected chi connectivity index (χ4v) is 1.98. The molecule has 0 bridgehead atoms. The van der Waals surface area contributed by atoms with Gasteiger partial charge in [0.05, 0.1) is 0 Å². The topological polar surface area (TPSA) is 49.4 Å². The molecule has 0 spiro atoms. The van der Waals surface area contributed by atoms with Crippen molar-refractivity contribution in [3.63, 3.8) is 0 Å². The smallest absolute Gasteiger partial charge is 0.225 e. The minimum atomic E-state index is 0.0552. The number of nitrogens with one attached hydrogen (secondary N) is 1. The van der Waals surface area contributed by atoms with Gasteiger partial charge in [0, 0.05) is 31.0 Å². The first kappa shape index (κ1) is 16.0. The first-order valence-corrected chi connectivity index (χ1v) is 7.59. The Morgan fingerprint density at radius 3 is 2.21 bits per heavy atom. The lowest BCUT2D eigenvalue weighted by molar-refractivity contribution is -0.136. The van der Waals surface area contributed by atoms with E-state index in [1.165, 1.54) is 0 Å². The monoisotopic (exact) mass is 268 g/mol. The van der Waals surface area contributed by atoms with Crippen LogP contribution in [0.2, 0.25) is 0 Å². The van der Waals surface area contributed by atoms with Crippen molar-refractivity contribution >= 4 is 11.8 Å². The maximum atomic E-state index is 12.2. The summed E-state index contributed by atoms with van der Waals surface area (Å²) in [7, 11) is 0. The van der Waals surface area contributed by atoms with Crippen molar-refractivity contribution in [3.05, 3.63) is 0 Å². The third-order valence-corrected chi connectivity index (χ3v) is 4.02. The number of carbonyl (C=O) groups is 2. The van der Waals surface area contributed by atoms with Gasteiger partial charge in [-0.25, -0.2) is 0 Å². The van der Waals surface area contributed by atoms with Crippen molar-refractivity contribution in [2.24, 2.45) is 11.8 Å². The Hall–Kier alpha value is -1.06. The van der Waals surface area contributed by atoms with Gasteiger partial charge in [0.1, 0.15) is 0 Å². The minimum Gasteiger partial charge on any atom is -0.354 e. The Morgan fingerprint density at radius 1 is 1.16 bits per heavy atom. The molecule has 110 valence electrons. The highest BCUT2D eigenvalue weighted by atomic mass is 16.2. The number of rotatable bonds is 8. The van der Waals surface area contributed by atoms with Crippen molar-refractivity contribution in [2.75, 3.05) is 13.1 Å². The molecule has 0 heterocycles. The second-order valence-electron chi connectivity index (χ2n) is 5.67. The van der Waals surface area contributed by atoms with Crippen LogP contribution in [0.25, 0.3) is 0 Å². The van der Waals surface area contributed by atoms with E-state index in [0.29, 0.717) is 19.1 Å². The fraction of sp³-hybridized carbons (Fsp3) is 0.867. The second kappa shape index (κ2) is 7.51. The van der Waals surface area contributed by atoms with Crippen molar-refractivity contribution in [2.45, 2.75) is 59.4 Å². The van der Waals surface area contributed by atoms with E-state index in [4.69, 9.17) is 0 Å². The number of amides is 2. The summed E-state index contributed by atoms with van der Waals surface area (Å²) in [4.78, 5) is 25.9. The summed E-state index contributed by atoms with van der Waals surface area (Å²) in [6.45, 7) is 9.18. The zero-order valence-corrected chi connectivity index (χ0v) is 12.7. The molecule has 19 heavy (non-hydrogen) atoms. The molecule has 1 aliphatic rings. The Morgan fingerprint density at radius 2 is 1.74 bits per heavy atom. The SMILES string of the molecule is CC[C@@H](C)C(=O)NCCN(C(=O)[C@H](C)CC)C1CC1. The molecule has 4 heteroatoms. The molecule has 0 aromatic carbocycles. The molecule has 2 atom stereocenters. The van der Waals surface area contributed by atoms with Crippen molar-refractivity contribution in [1.29, 1.82) is 0 Å². The highest BCUT2D eigenvalue weighted by Crippen LogP contribution is 2.28. The molecule has 0 radical (unpaired) electrons. The van der Waals surface area contributed by atoms with Gasteiger partial charge in [-0.3, -0.25) is 9.59 Å². The number of carbonyl (C=O) groups excluding carboxylic acids is 2. The molecular formula is C15H28N2O2. The largest absolute Gasteiger partial charge is 0.354 e. The summed E-state index contributed by atoms with van der Waals surface area (Å²) in [5.74, 6) is 0.475. The van der Waals surface area contributed by atoms with E-state index in [0.717, 1.165) is 25.7 Å². The molecular weight excluding hydrogens is 240 g/mol. The lowest BCUT2D eigenvalue weighted by atomic mass is 10.1. The average Bonchev–Trinajstić information content (AvgIpc) is 3.25. The molecule has 4 nitrogen and oxygen atoms in total. The van der Waals surface area contributed by atoms with Gasteiger partial charge in [-0.1, -0.05) is 27.7 Å². The zero-order chi connectivity index (χ0) is 14.4. The summed E-state index contributed by atoms with van der Waals surface area (Å²) in [5, 5.41) is 2.93. The molecule has 1 aliphatic carbocycles. The van der Waals surface area contributed by atoms with Gasteiger partial charge in [-0.15, -0.1) is 0 Å². The Labute approximate surface area is 116 Å². The Kier molecular flexibility index (Phi) is 6.32. The molecule has 2 amide bonds. The van der Waals surface area contributed by atoms with E-state index in [1.54, 1.807) is 0 Å². The van der Waals surface area contributed by atoms with Gasteiger partial charge in [-0.05, 0) is 25.7 Å². The summed E-state index contributed by atoms with van der Waals surface area (Å²) in [6, 6.07) is 0.419. The number of nitrogens with zero attached hydrogens (tertiary/aromatic N) is 1. The van der Waals surface area contributed by atoms with Crippen LogP contribution in [0.1, 0.15) is 53.4 Å². The predicted molar refractivity (Wildman–Crippen MR) is 76.7 cm³/mol. The third-order valence-electron chi connectivity index (χ3n) is 4.02. The van der Waals surface area contributed by atoms with Crippen LogP contribution in [0.3, 0.4) is 0 Å². The molecule has 1 rings (SSSR count). The number of hydrogen-bond donors (Lipinski definition) is 1. The van der Waals surface area contributed by atoms with Gasteiger partial charge in [0.2, 0.25) is 11.8 Å². The van der Waals surface area contributed by atoms with Gasteiger partial charge in [0.25, 0.3) is 0 Å². The molecule has 0 aliphatic heterocycles. The normalized spacial score (nSPS) is 17.7. The highest BCUT2D eigenvalue weighted by molar-refractivity contribution is 5.80. The quantitative estimate of drug-likeness (QED) is 0.733. The maximum absolute atomic E-state index is 12.2. The summed E-state index contributed by atoms with van der Waals surface area (Å²) < 4.78 is 0. The van der Waals surface area contributed by atoms with E-state index >= 15 is 0 Å². The Bertz CT molecular complexity index is 313. The van der Waals surface area contributed by atoms with Crippen LogP contribution in [0, 0.1) is 11.8 Å². The molecule has 0 unspecified atom stereocenters. The van der Waals surface area contributed by atoms with E-state index in [-0.39, 0.29) is 23.7 Å². The van der Waals surface area contributed by atoms with Crippen LogP contribution < -0.4 is 5.32 Å². The van der Waals surface area contributed by atoms with Crippen LogP contribution in [0.5, 0.6) is 0 Å². The van der Waals surface area contributed by atoms with Crippen LogP contribution in [0.15, 0.2) is 0 Å². The summed E-state index contributed by atoms with van der Waals surface area (Å²) in [6.07, 6.45) is 3.95. The standard InChI is InChI=1S/C15H28N2O2/c1-5-11(3)14(18)16-9-10-17(13-7-8-13)15(19)12(4)6-2/h11-13H,5-10H2,1-4H3,(H,16,18)/t11-,12-/m1/s1. The van der Waals surface area contributed by atoms with Crippen molar-refractivity contribution in [1.82, 2.24) is 10.2 Å². The molecule has 0 aromatic heterocycles. The number of hydrogen-bond acceptors (Lipinski definition) is 2. The van der Waals surface area contributed by atoms with E-state index in [9.17, 15) is 9.59 Å². The van der Waals surface area contributed by atoms with Gasteiger partial charge >= 0.3 is 0 Å². The molecule has 1 N–H and O–H groups in total. The zero-order valence-electron chi connectivity index (χ0n) is 12.7. The fourth-order valence-electron chi connectivity index (χ4n) is 1.98. The van der Waals surface area contributed by atoms with Crippen LogP contribution in [-0.4, -0.2) is 35.8 Å². The Balaban J connectivity index is 2.39. The lowest BCUT2D eigenvalue weighted by Gasteiger charge is -2.25. The molecule has 0 aromatic rings. The van der Waals surface area contributed by atoms with E-state index in [2.05, 4.69) is 5.32 Å². The third kappa shape index (κ3) is 4.84. The molecule has 1 fully saturated rings. The molecule has 0 saturated heterocycles. The van der Waals surface area contributed by atoms with Gasteiger partial charge < -0.3 is 10.2 Å². The first-order chi connectivity index (χ1) is 9.01. The first-order valence-electron chi connectivity index (χ1n) is 7.59. The summed E-state index contributed by atoms with van der Waals surface area (Å²) in [5.41, 5.74) is 0.